The minimum atomic E-state index is -3.03. The van der Waals surface area contributed by atoms with Gasteiger partial charge in [-0.15, -0.1) is 0 Å². The van der Waals surface area contributed by atoms with Crippen molar-refractivity contribution in [3.05, 3.63) is 65.7 Å². The lowest BCUT2D eigenvalue weighted by Crippen LogP contribution is -2.67. The summed E-state index contributed by atoms with van der Waals surface area (Å²) in [7, 11) is -8.74. The number of benzene rings is 2. The van der Waals surface area contributed by atoms with Crippen molar-refractivity contribution in [2.75, 3.05) is 0 Å². The Kier molecular flexibility index (Phi) is 8.06. The van der Waals surface area contributed by atoms with E-state index in [1.807, 2.05) is 6.07 Å². The van der Waals surface area contributed by atoms with E-state index in [1.54, 1.807) is 0 Å². The molecule has 0 spiro atoms. The largest absolute Gasteiger partial charge is 0.505 e. The Bertz CT molecular complexity index is 789. The molecule has 0 aliphatic carbocycles. The molecule has 0 radical (unpaired) electrons. The molecule has 3 nitrogen and oxygen atoms in total. The molecule has 164 valence electrons. The van der Waals surface area contributed by atoms with Crippen LogP contribution in [0.15, 0.2) is 54.6 Å². The number of hydrogen-bond donors (Lipinski definition) is 0. The summed E-state index contributed by atoms with van der Waals surface area (Å²) in [5.74, 6) is 0. The van der Waals surface area contributed by atoms with Gasteiger partial charge in [0.1, 0.15) is 0 Å². The molecule has 0 bridgehead atoms. The summed E-state index contributed by atoms with van der Waals surface area (Å²) in [6.07, 6.45) is 4.27. The lowest BCUT2D eigenvalue weighted by molar-refractivity contribution is 0.273. The standard InChI is InChI=1S/C23H38O3Si4/c1-27(2,3)24-30(25-28(4,5)6,26-29(7,8)9)23-19-17-22(18-20-23)16-15-21-13-11-10-12-14-21/h10-20H,1-9H3. The van der Waals surface area contributed by atoms with Gasteiger partial charge in [-0.05, 0) is 70.1 Å². The molecule has 0 N–H and O–H groups in total. The zero-order valence-electron chi connectivity index (χ0n) is 20.1. The van der Waals surface area contributed by atoms with Crippen LogP contribution < -0.4 is 5.19 Å². The van der Waals surface area contributed by atoms with Crippen molar-refractivity contribution in [2.24, 2.45) is 0 Å². The van der Waals surface area contributed by atoms with Crippen LogP contribution in [0.5, 0.6) is 0 Å². The first kappa shape index (κ1) is 25.2. The van der Waals surface area contributed by atoms with E-state index in [0.29, 0.717) is 0 Å². The predicted octanol–water partition coefficient (Wildman–Crippen LogP) is 6.56. The molecule has 0 unspecified atom stereocenters. The Hall–Kier alpha value is -1.07. The van der Waals surface area contributed by atoms with E-state index in [4.69, 9.17) is 12.3 Å². The molecule has 0 heterocycles. The van der Waals surface area contributed by atoms with E-state index in [1.165, 1.54) is 5.56 Å². The van der Waals surface area contributed by atoms with Crippen molar-refractivity contribution < 1.29 is 12.3 Å². The average Bonchev–Trinajstić information content (AvgIpc) is 2.56. The molecule has 0 fully saturated rings. The SMILES string of the molecule is C[Si](C)(C)O[Si](O[Si](C)(C)C)(O[Si](C)(C)C)c1ccc(C=Cc2ccccc2)cc1. The van der Waals surface area contributed by atoms with Crippen LogP contribution in [-0.4, -0.2) is 33.8 Å². The normalized spacial score (nSPS) is 13.8. The monoisotopic (exact) mass is 474 g/mol. The van der Waals surface area contributed by atoms with E-state index < -0.39 is 33.8 Å². The van der Waals surface area contributed by atoms with Crippen LogP contribution in [0.2, 0.25) is 58.9 Å². The first-order valence-electron chi connectivity index (χ1n) is 10.6. The highest BCUT2D eigenvalue weighted by atomic mass is 28.5. The first-order chi connectivity index (χ1) is 13.7. The summed E-state index contributed by atoms with van der Waals surface area (Å²) < 4.78 is 20.5. The van der Waals surface area contributed by atoms with Crippen molar-refractivity contribution in [1.82, 2.24) is 0 Å². The number of hydrogen-bond acceptors (Lipinski definition) is 3. The molecule has 7 heteroatoms. The van der Waals surface area contributed by atoms with Gasteiger partial charge in [0.25, 0.3) is 0 Å². The average molecular weight is 475 g/mol. The van der Waals surface area contributed by atoms with Crippen LogP contribution >= 0.6 is 0 Å². The van der Waals surface area contributed by atoms with Crippen LogP contribution in [0.3, 0.4) is 0 Å². The summed E-state index contributed by atoms with van der Waals surface area (Å²) in [5, 5.41) is 1.08. The van der Waals surface area contributed by atoms with Gasteiger partial charge in [0.2, 0.25) is 0 Å². The molecular weight excluding hydrogens is 437 g/mol. The zero-order valence-corrected chi connectivity index (χ0v) is 24.1. The summed E-state index contributed by atoms with van der Waals surface area (Å²) in [4.78, 5) is 0. The van der Waals surface area contributed by atoms with Crippen LogP contribution in [0.4, 0.5) is 0 Å². The number of rotatable bonds is 9. The fourth-order valence-electron chi connectivity index (χ4n) is 3.00. The van der Waals surface area contributed by atoms with Crippen molar-refractivity contribution in [1.29, 1.82) is 0 Å². The summed E-state index contributed by atoms with van der Waals surface area (Å²) in [5.41, 5.74) is 2.34. The molecule has 0 saturated heterocycles. The maximum atomic E-state index is 6.82. The second kappa shape index (κ2) is 9.60. The van der Waals surface area contributed by atoms with Gasteiger partial charge in [-0.2, -0.15) is 0 Å². The highest BCUT2D eigenvalue weighted by Crippen LogP contribution is 2.26. The Morgan fingerprint density at radius 3 is 1.23 bits per heavy atom. The highest BCUT2D eigenvalue weighted by molar-refractivity contribution is 6.95. The van der Waals surface area contributed by atoms with Gasteiger partial charge in [-0.25, -0.2) is 0 Å². The van der Waals surface area contributed by atoms with Gasteiger partial charge >= 0.3 is 8.80 Å². The molecule has 0 atom stereocenters. The molecule has 0 aliphatic heterocycles. The lowest BCUT2D eigenvalue weighted by atomic mass is 10.1. The van der Waals surface area contributed by atoms with Crippen molar-refractivity contribution in [2.45, 2.75) is 58.9 Å². The highest BCUT2D eigenvalue weighted by Gasteiger charge is 2.51. The minimum Gasteiger partial charge on any atom is -0.414 e. The predicted molar refractivity (Wildman–Crippen MR) is 140 cm³/mol. The minimum absolute atomic E-state index is 1.08. The first-order valence-corrected chi connectivity index (χ1v) is 22.6. The summed E-state index contributed by atoms with van der Waals surface area (Å²) in [6, 6.07) is 18.9. The fraction of sp³-hybridized carbons (Fsp3) is 0.391. The van der Waals surface area contributed by atoms with E-state index in [2.05, 4.69) is 120 Å². The maximum absolute atomic E-state index is 6.82. The van der Waals surface area contributed by atoms with Gasteiger partial charge in [-0.1, -0.05) is 66.7 Å². The fourth-order valence-corrected chi connectivity index (χ4v) is 16.3. The van der Waals surface area contributed by atoms with Gasteiger partial charge < -0.3 is 12.3 Å². The molecule has 0 saturated carbocycles. The Morgan fingerprint density at radius 1 is 0.500 bits per heavy atom. The van der Waals surface area contributed by atoms with E-state index in [0.717, 1.165) is 10.8 Å². The van der Waals surface area contributed by atoms with Crippen molar-refractivity contribution in [3.63, 3.8) is 0 Å². The summed E-state index contributed by atoms with van der Waals surface area (Å²) in [6.45, 7) is 19.9. The Labute approximate surface area is 187 Å². The molecule has 2 aromatic rings. The third-order valence-electron chi connectivity index (χ3n) is 3.85. The molecular formula is C23H38O3Si4. The molecule has 0 aromatic heterocycles. The van der Waals surface area contributed by atoms with Gasteiger partial charge in [0, 0.05) is 5.19 Å². The molecule has 0 amide bonds. The van der Waals surface area contributed by atoms with E-state index >= 15 is 0 Å². The van der Waals surface area contributed by atoms with Crippen LogP contribution in [0.1, 0.15) is 11.1 Å². The van der Waals surface area contributed by atoms with Crippen molar-refractivity contribution in [3.8, 4) is 0 Å². The summed E-state index contributed by atoms with van der Waals surface area (Å²) >= 11 is 0. The van der Waals surface area contributed by atoms with Crippen LogP contribution in [0, 0.1) is 0 Å². The van der Waals surface area contributed by atoms with E-state index in [-0.39, 0.29) is 0 Å². The third kappa shape index (κ3) is 8.58. The smallest absolute Gasteiger partial charge is 0.414 e. The van der Waals surface area contributed by atoms with Crippen LogP contribution in [-0.2, 0) is 12.3 Å². The van der Waals surface area contributed by atoms with Gasteiger partial charge in [-0.3, -0.25) is 0 Å². The molecule has 2 rings (SSSR count). The third-order valence-corrected chi connectivity index (χ3v) is 15.5. The van der Waals surface area contributed by atoms with Crippen molar-refractivity contribution >= 4 is 51.1 Å². The molecule has 0 aliphatic rings. The van der Waals surface area contributed by atoms with E-state index in [9.17, 15) is 0 Å². The second-order valence-electron chi connectivity index (χ2n) is 10.6. The Balaban J connectivity index is 2.44. The Morgan fingerprint density at radius 2 is 0.867 bits per heavy atom. The lowest BCUT2D eigenvalue weighted by Gasteiger charge is -2.42. The molecule has 30 heavy (non-hydrogen) atoms. The maximum Gasteiger partial charge on any atom is 0.505 e. The second-order valence-corrected chi connectivity index (χ2v) is 27.4. The molecule has 2 aromatic carbocycles. The van der Waals surface area contributed by atoms with Gasteiger partial charge in [0.15, 0.2) is 25.0 Å². The van der Waals surface area contributed by atoms with Gasteiger partial charge in [0.05, 0.1) is 0 Å². The zero-order chi connectivity index (χ0) is 22.6. The quantitative estimate of drug-likeness (QED) is 0.304. The topological polar surface area (TPSA) is 27.7 Å². The van der Waals surface area contributed by atoms with Crippen LogP contribution in [0.25, 0.3) is 12.2 Å².